The van der Waals surface area contributed by atoms with Crippen LogP contribution in [0.25, 0.3) is 0 Å². The van der Waals surface area contributed by atoms with Crippen LogP contribution < -0.4 is 4.90 Å². The zero-order valence-corrected chi connectivity index (χ0v) is 10.0. The van der Waals surface area contributed by atoms with Gasteiger partial charge in [-0.25, -0.2) is 0 Å². The minimum absolute atomic E-state index is 0.479. The largest absolute Gasteiger partial charge is 0.362 e. The summed E-state index contributed by atoms with van der Waals surface area (Å²) in [6, 6.07) is 2.00. The number of aromatic nitrogens is 4. The second-order valence-corrected chi connectivity index (χ2v) is 4.27. The molecular weight excluding hydrogens is 238 g/mol. The van der Waals surface area contributed by atoms with E-state index < -0.39 is 0 Å². The van der Waals surface area contributed by atoms with Gasteiger partial charge in [-0.05, 0) is 6.07 Å². The molecule has 0 N–H and O–H groups in total. The fourth-order valence-corrected chi connectivity index (χ4v) is 2.31. The van der Waals surface area contributed by atoms with Crippen LogP contribution in [0.5, 0.6) is 0 Å². The number of alkyl halides is 1. The highest BCUT2D eigenvalue weighted by Crippen LogP contribution is 2.24. The van der Waals surface area contributed by atoms with Gasteiger partial charge in [-0.2, -0.15) is 0 Å². The predicted molar refractivity (Wildman–Crippen MR) is 64.9 cm³/mol. The van der Waals surface area contributed by atoms with E-state index in [4.69, 9.17) is 11.6 Å². The summed E-state index contributed by atoms with van der Waals surface area (Å²) in [7, 11) is 0. The molecule has 0 aromatic carbocycles. The van der Waals surface area contributed by atoms with Crippen LogP contribution in [0.3, 0.4) is 0 Å². The summed E-state index contributed by atoms with van der Waals surface area (Å²) in [5.74, 6) is 1.47. The third-order valence-electron chi connectivity index (χ3n) is 3.00. The lowest BCUT2D eigenvalue weighted by molar-refractivity contribution is 0.559. The molecule has 0 atom stereocenters. The molecule has 0 fully saturated rings. The summed E-state index contributed by atoms with van der Waals surface area (Å²) in [6.45, 7) is 2.62. The zero-order chi connectivity index (χ0) is 11.7. The lowest BCUT2D eigenvalue weighted by atomic mass is 10.2. The molecule has 17 heavy (non-hydrogen) atoms. The van der Waals surface area contributed by atoms with Crippen molar-refractivity contribution >= 4 is 17.3 Å². The highest BCUT2D eigenvalue weighted by Gasteiger charge is 2.19. The number of halogens is 1. The van der Waals surface area contributed by atoms with Crippen molar-refractivity contribution in [3.8, 4) is 0 Å². The fourth-order valence-electron chi connectivity index (χ4n) is 2.10. The summed E-state index contributed by atoms with van der Waals surface area (Å²) in [5.41, 5.74) is 2.20. The molecule has 1 aliphatic rings. The van der Waals surface area contributed by atoms with Crippen LogP contribution in [0.15, 0.2) is 24.8 Å². The summed E-state index contributed by atoms with van der Waals surface area (Å²) in [5, 5.41) is 8.03. The van der Waals surface area contributed by atoms with Gasteiger partial charge in [-0.15, -0.1) is 21.8 Å². The first-order valence-corrected chi connectivity index (χ1v) is 6.02. The van der Waals surface area contributed by atoms with Gasteiger partial charge in [0.05, 0.1) is 12.4 Å². The monoisotopic (exact) mass is 249 g/mol. The van der Waals surface area contributed by atoms with Gasteiger partial charge < -0.3 is 9.47 Å². The molecule has 0 radical (unpaired) electrons. The summed E-state index contributed by atoms with van der Waals surface area (Å²) in [4.78, 5) is 6.37. The van der Waals surface area contributed by atoms with Crippen molar-refractivity contribution in [3.05, 3.63) is 36.2 Å². The van der Waals surface area contributed by atoms with Crippen molar-refractivity contribution < 1.29 is 0 Å². The van der Waals surface area contributed by atoms with Gasteiger partial charge in [-0.1, -0.05) is 0 Å². The standard InChI is InChI=1S/C11H12ClN5/c12-5-9-6-13-2-1-10(9)16-3-4-17-8-14-15-11(17)7-16/h1-2,6,8H,3-5,7H2. The lowest BCUT2D eigenvalue weighted by Gasteiger charge is -2.30. The average molecular weight is 250 g/mol. The van der Waals surface area contributed by atoms with E-state index in [-0.39, 0.29) is 0 Å². The summed E-state index contributed by atoms with van der Waals surface area (Å²) < 4.78 is 2.08. The smallest absolute Gasteiger partial charge is 0.152 e. The van der Waals surface area contributed by atoms with E-state index in [0.717, 1.165) is 36.7 Å². The number of fused-ring (bicyclic) bond motifs is 1. The molecule has 0 saturated heterocycles. The van der Waals surface area contributed by atoms with E-state index in [9.17, 15) is 0 Å². The Balaban J connectivity index is 1.91. The first-order valence-electron chi connectivity index (χ1n) is 5.49. The molecule has 2 aromatic heterocycles. The van der Waals surface area contributed by atoms with Crippen LogP contribution in [0.4, 0.5) is 5.69 Å². The minimum Gasteiger partial charge on any atom is -0.362 e. The van der Waals surface area contributed by atoms with Gasteiger partial charge in [0.2, 0.25) is 0 Å². The molecule has 0 aliphatic carbocycles. The highest BCUT2D eigenvalue weighted by atomic mass is 35.5. The van der Waals surface area contributed by atoms with E-state index in [2.05, 4.69) is 24.6 Å². The number of rotatable bonds is 2. The third kappa shape index (κ3) is 1.86. The van der Waals surface area contributed by atoms with Gasteiger partial charge in [0.25, 0.3) is 0 Å². The van der Waals surface area contributed by atoms with E-state index in [1.807, 2.05) is 12.3 Å². The Kier molecular flexibility index (Phi) is 2.68. The fraction of sp³-hybridized carbons (Fsp3) is 0.364. The van der Waals surface area contributed by atoms with Crippen LogP contribution in [-0.2, 0) is 19.0 Å². The first-order chi connectivity index (χ1) is 8.38. The molecule has 0 bridgehead atoms. The van der Waals surface area contributed by atoms with Crippen molar-refractivity contribution in [2.45, 2.75) is 19.0 Å². The third-order valence-corrected chi connectivity index (χ3v) is 3.29. The van der Waals surface area contributed by atoms with E-state index in [1.54, 1.807) is 12.5 Å². The van der Waals surface area contributed by atoms with Crippen molar-refractivity contribution in [3.63, 3.8) is 0 Å². The highest BCUT2D eigenvalue weighted by molar-refractivity contribution is 6.17. The van der Waals surface area contributed by atoms with Crippen LogP contribution in [0.1, 0.15) is 11.4 Å². The minimum atomic E-state index is 0.479. The second kappa shape index (κ2) is 4.33. The number of pyridine rings is 1. The van der Waals surface area contributed by atoms with Gasteiger partial charge in [0.1, 0.15) is 6.33 Å². The molecule has 3 rings (SSSR count). The molecule has 5 nitrogen and oxygen atoms in total. The Hall–Kier alpha value is -1.62. The number of anilines is 1. The lowest BCUT2D eigenvalue weighted by Crippen LogP contribution is -2.34. The van der Waals surface area contributed by atoms with Crippen molar-refractivity contribution in [1.82, 2.24) is 19.7 Å². The van der Waals surface area contributed by atoms with E-state index >= 15 is 0 Å². The number of hydrogen-bond acceptors (Lipinski definition) is 4. The van der Waals surface area contributed by atoms with Crippen molar-refractivity contribution in [2.24, 2.45) is 0 Å². The van der Waals surface area contributed by atoms with E-state index in [0.29, 0.717) is 5.88 Å². The Bertz CT molecular complexity index is 524. The van der Waals surface area contributed by atoms with E-state index in [1.165, 1.54) is 0 Å². The maximum Gasteiger partial charge on any atom is 0.152 e. The molecule has 88 valence electrons. The Labute approximate surface area is 104 Å². The van der Waals surface area contributed by atoms with Gasteiger partial charge in [0.15, 0.2) is 5.82 Å². The summed E-state index contributed by atoms with van der Waals surface area (Å²) in [6.07, 6.45) is 5.40. The zero-order valence-electron chi connectivity index (χ0n) is 9.25. The molecule has 0 amide bonds. The topological polar surface area (TPSA) is 46.8 Å². The van der Waals surface area contributed by atoms with Crippen LogP contribution in [-0.4, -0.2) is 26.3 Å². The predicted octanol–water partition coefficient (Wildman–Crippen LogP) is 1.43. The van der Waals surface area contributed by atoms with Gasteiger partial charge >= 0.3 is 0 Å². The van der Waals surface area contributed by atoms with Crippen molar-refractivity contribution in [1.29, 1.82) is 0 Å². The number of hydrogen-bond donors (Lipinski definition) is 0. The first kappa shape index (κ1) is 10.5. The van der Waals surface area contributed by atoms with Crippen molar-refractivity contribution in [2.75, 3.05) is 11.4 Å². The van der Waals surface area contributed by atoms with Gasteiger partial charge in [-0.3, -0.25) is 4.98 Å². The summed E-state index contributed by atoms with van der Waals surface area (Å²) >= 11 is 5.93. The van der Waals surface area contributed by atoms with Crippen LogP contribution >= 0.6 is 11.6 Å². The van der Waals surface area contributed by atoms with Crippen LogP contribution in [0.2, 0.25) is 0 Å². The molecule has 1 aliphatic heterocycles. The molecule has 0 spiro atoms. The van der Waals surface area contributed by atoms with Crippen LogP contribution in [0, 0.1) is 0 Å². The normalized spacial score (nSPS) is 14.8. The van der Waals surface area contributed by atoms with Gasteiger partial charge in [0, 0.05) is 36.7 Å². The average Bonchev–Trinajstić information content (AvgIpc) is 2.85. The maximum atomic E-state index is 5.93. The SMILES string of the molecule is ClCc1cnccc1N1CCn2cnnc2C1. The molecule has 2 aromatic rings. The quantitative estimate of drug-likeness (QED) is 0.756. The maximum absolute atomic E-state index is 5.93. The molecule has 3 heterocycles. The molecule has 0 unspecified atom stereocenters. The molecular formula is C11H12ClN5. The Morgan fingerprint density at radius 1 is 1.35 bits per heavy atom. The second-order valence-electron chi connectivity index (χ2n) is 4.00. The number of nitrogens with zero attached hydrogens (tertiary/aromatic N) is 5. The Morgan fingerprint density at radius 3 is 3.18 bits per heavy atom. The molecule has 6 heteroatoms. The molecule has 0 saturated carbocycles. The Morgan fingerprint density at radius 2 is 2.29 bits per heavy atom.